The number of sulfonamides is 1. The Labute approximate surface area is 106 Å². The molecule has 0 fully saturated rings. The standard InChI is InChI=1S/C11H15NO3S2/c1-8-4-5-10(9(2)6-8)17(14,15)12-11(13)7-16-3/h4-6H,7H2,1-3H3,(H,12,13). The van der Waals surface area contributed by atoms with Gasteiger partial charge in [-0.15, -0.1) is 0 Å². The van der Waals surface area contributed by atoms with Gasteiger partial charge in [0.05, 0.1) is 10.6 Å². The van der Waals surface area contributed by atoms with Crippen molar-refractivity contribution in [2.24, 2.45) is 0 Å². The van der Waals surface area contributed by atoms with Crippen molar-refractivity contribution in [3.05, 3.63) is 29.3 Å². The highest BCUT2D eigenvalue weighted by atomic mass is 32.2. The monoisotopic (exact) mass is 273 g/mol. The molecule has 0 aliphatic carbocycles. The predicted molar refractivity (Wildman–Crippen MR) is 69.6 cm³/mol. The second-order valence-corrected chi connectivity index (χ2v) is 6.25. The molecular weight excluding hydrogens is 258 g/mol. The smallest absolute Gasteiger partial charge is 0.264 e. The maximum atomic E-state index is 11.9. The molecule has 6 heteroatoms. The van der Waals surface area contributed by atoms with E-state index < -0.39 is 15.9 Å². The maximum Gasteiger partial charge on any atom is 0.264 e. The molecule has 1 aromatic rings. The average Bonchev–Trinajstić information content (AvgIpc) is 2.15. The molecule has 0 bridgehead atoms. The number of carbonyl (C=O) groups is 1. The van der Waals surface area contributed by atoms with E-state index in [-0.39, 0.29) is 10.6 Å². The molecule has 0 radical (unpaired) electrons. The third kappa shape index (κ3) is 3.74. The molecule has 0 atom stereocenters. The van der Waals surface area contributed by atoms with Gasteiger partial charge in [-0.2, -0.15) is 11.8 Å². The fourth-order valence-electron chi connectivity index (χ4n) is 1.47. The number of carbonyl (C=O) groups excluding carboxylic acids is 1. The molecule has 0 saturated carbocycles. The van der Waals surface area contributed by atoms with Crippen molar-refractivity contribution in [2.75, 3.05) is 12.0 Å². The molecule has 1 rings (SSSR count). The summed E-state index contributed by atoms with van der Waals surface area (Å²) in [6.07, 6.45) is 1.74. The van der Waals surface area contributed by atoms with Gasteiger partial charge in [0.15, 0.2) is 0 Å². The van der Waals surface area contributed by atoms with Crippen LogP contribution in [-0.4, -0.2) is 26.3 Å². The van der Waals surface area contributed by atoms with Gasteiger partial charge in [0.25, 0.3) is 10.0 Å². The van der Waals surface area contributed by atoms with E-state index in [0.29, 0.717) is 5.56 Å². The zero-order valence-corrected chi connectivity index (χ0v) is 11.6. The van der Waals surface area contributed by atoms with E-state index in [1.807, 2.05) is 11.6 Å². The van der Waals surface area contributed by atoms with Gasteiger partial charge in [-0.1, -0.05) is 17.7 Å². The van der Waals surface area contributed by atoms with Crippen molar-refractivity contribution in [1.82, 2.24) is 4.72 Å². The lowest BCUT2D eigenvalue weighted by atomic mass is 10.2. The van der Waals surface area contributed by atoms with Crippen LogP contribution in [0.15, 0.2) is 23.1 Å². The van der Waals surface area contributed by atoms with Crippen LogP contribution in [0.2, 0.25) is 0 Å². The van der Waals surface area contributed by atoms with Crippen LogP contribution in [-0.2, 0) is 14.8 Å². The van der Waals surface area contributed by atoms with Crippen molar-refractivity contribution in [3.63, 3.8) is 0 Å². The van der Waals surface area contributed by atoms with E-state index in [9.17, 15) is 13.2 Å². The third-order valence-corrected chi connectivity index (χ3v) is 4.23. The maximum absolute atomic E-state index is 11.9. The van der Waals surface area contributed by atoms with Crippen LogP contribution < -0.4 is 4.72 Å². The average molecular weight is 273 g/mol. The summed E-state index contributed by atoms with van der Waals surface area (Å²) in [6, 6.07) is 4.99. The molecule has 1 aromatic carbocycles. The summed E-state index contributed by atoms with van der Waals surface area (Å²) < 4.78 is 25.9. The Morgan fingerprint density at radius 3 is 2.53 bits per heavy atom. The van der Waals surface area contributed by atoms with E-state index in [1.165, 1.54) is 17.8 Å². The highest BCUT2D eigenvalue weighted by molar-refractivity contribution is 7.99. The predicted octanol–water partition coefficient (Wildman–Crippen LogP) is 1.47. The Morgan fingerprint density at radius 2 is 2.00 bits per heavy atom. The van der Waals surface area contributed by atoms with Gasteiger partial charge in [0.1, 0.15) is 0 Å². The Balaban J connectivity index is 3.01. The van der Waals surface area contributed by atoms with Gasteiger partial charge in [-0.05, 0) is 31.7 Å². The first-order valence-electron chi connectivity index (χ1n) is 4.98. The molecule has 0 aliphatic rings. The molecule has 0 aromatic heterocycles. The normalized spacial score (nSPS) is 11.2. The Bertz CT molecular complexity index is 524. The Morgan fingerprint density at radius 1 is 1.35 bits per heavy atom. The molecule has 0 saturated heterocycles. The van der Waals surface area contributed by atoms with Gasteiger partial charge in [0, 0.05) is 0 Å². The zero-order valence-electron chi connectivity index (χ0n) is 9.98. The van der Waals surface area contributed by atoms with Crippen molar-refractivity contribution in [1.29, 1.82) is 0 Å². The fourth-order valence-corrected chi connectivity index (χ4v) is 3.10. The molecule has 1 amide bonds. The quantitative estimate of drug-likeness (QED) is 0.902. The summed E-state index contributed by atoms with van der Waals surface area (Å²) in [4.78, 5) is 11.4. The molecular formula is C11H15NO3S2. The Kier molecular flexibility index (Phi) is 4.59. The molecule has 4 nitrogen and oxygen atoms in total. The van der Waals surface area contributed by atoms with Crippen LogP contribution in [0.5, 0.6) is 0 Å². The summed E-state index contributed by atoms with van der Waals surface area (Å²) in [5, 5.41) is 0. The second kappa shape index (κ2) is 5.55. The summed E-state index contributed by atoms with van der Waals surface area (Å²) in [5.74, 6) is -0.373. The number of aryl methyl sites for hydroxylation is 2. The number of amides is 1. The minimum absolute atomic E-state index is 0.129. The minimum atomic E-state index is -3.74. The van der Waals surface area contributed by atoms with E-state index in [4.69, 9.17) is 0 Å². The zero-order chi connectivity index (χ0) is 13.1. The van der Waals surface area contributed by atoms with Crippen LogP contribution in [0.1, 0.15) is 11.1 Å². The van der Waals surface area contributed by atoms with Crippen LogP contribution in [0, 0.1) is 13.8 Å². The van der Waals surface area contributed by atoms with Crippen molar-refractivity contribution >= 4 is 27.7 Å². The van der Waals surface area contributed by atoms with Crippen LogP contribution in [0.3, 0.4) is 0 Å². The summed E-state index contributed by atoms with van der Waals surface area (Å²) in [7, 11) is -3.74. The van der Waals surface area contributed by atoms with Crippen LogP contribution in [0.25, 0.3) is 0 Å². The van der Waals surface area contributed by atoms with Gasteiger partial charge in [0.2, 0.25) is 5.91 Å². The summed E-state index contributed by atoms with van der Waals surface area (Å²) in [6.45, 7) is 3.59. The van der Waals surface area contributed by atoms with Gasteiger partial charge < -0.3 is 0 Å². The molecule has 0 spiro atoms. The van der Waals surface area contributed by atoms with E-state index in [0.717, 1.165) is 5.56 Å². The molecule has 94 valence electrons. The first-order valence-corrected chi connectivity index (χ1v) is 7.86. The Hall–Kier alpha value is -1.01. The fraction of sp³-hybridized carbons (Fsp3) is 0.364. The lowest BCUT2D eigenvalue weighted by Crippen LogP contribution is -2.32. The minimum Gasteiger partial charge on any atom is -0.273 e. The molecule has 0 unspecified atom stereocenters. The van der Waals surface area contributed by atoms with Gasteiger partial charge in [-0.25, -0.2) is 13.1 Å². The number of benzene rings is 1. The number of thioether (sulfide) groups is 1. The number of hydrogen-bond acceptors (Lipinski definition) is 4. The highest BCUT2D eigenvalue weighted by Crippen LogP contribution is 2.16. The highest BCUT2D eigenvalue weighted by Gasteiger charge is 2.19. The van der Waals surface area contributed by atoms with Crippen molar-refractivity contribution in [3.8, 4) is 0 Å². The van der Waals surface area contributed by atoms with Crippen molar-refractivity contribution in [2.45, 2.75) is 18.7 Å². The van der Waals surface area contributed by atoms with Crippen LogP contribution in [0.4, 0.5) is 0 Å². The van der Waals surface area contributed by atoms with Gasteiger partial charge in [-0.3, -0.25) is 4.79 Å². The van der Waals surface area contributed by atoms with Gasteiger partial charge >= 0.3 is 0 Å². The third-order valence-electron chi connectivity index (χ3n) is 2.14. The summed E-state index contributed by atoms with van der Waals surface area (Å²) >= 11 is 1.28. The second-order valence-electron chi connectivity index (χ2n) is 3.73. The lowest BCUT2D eigenvalue weighted by Gasteiger charge is -2.09. The lowest BCUT2D eigenvalue weighted by molar-refractivity contribution is -0.116. The first kappa shape index (κ1) is 14.1. The molecule has 0 heterocycles. The molecule has 1 N–H and O–H groups in total. The van der Waals surface area contributed by atoms with Crippen molar-refractivity contribution < 1.29 is 13.2 Å². The van der Waals surface area contributed by atoms with E-state index in [1.54, 1.807) is 25.3 Å². The SMILES string of the molecule is CSCC(=O)NS(=O)(=O)c1ccc(C)cc1C. The van der Waals surface area contributed by atoms with E-state index >= 15 is 0 Å². The largest absolute Gasteiger partial charge is 0.273 e. The summed E-state index contributed by atoms with van der Waals surface area (Å²) in [5.41, 5.74) is 1.62. The number of hydrogen-bond donors (Lipinski definition) is 1. The molecule has 17 heavy (non-hydrogen) atoms. The first-order chi connectivity index (χ1) is 7.86. The number of rotatable bonds is 4. The topological polar surface area (TPSA) is 63.2 Å². The van der Waals surface area contributed by atoms with Crippen LogP contribution >= 0.6 is 11.8 Å². The van der Waals surface area contributed by atoms with E-state index in [2.05, 4.69) is 0 Å². The number of nitrogens with one attached hydrogen (secondary N) is 1. The molecule has 0 aliphatic heterocycles.